The third-order valence-corrected chi connectivity index (χ3v) is 6.29. The van der Waals surface area contributed by atoms with Crippen molar-refractivity contribution in [1.82, 2.24) is 4.57 Å². The van der Waals surface area contributed by atoms with Gasteiger partial charge >= 0.3 is 0 Å². The number of rotatable bonds is 2. The van der Waals surface area contributed by atoms with Crippen molar-refractivity contribution in [2.24, 2.45) is 7.05 Å². The lowest BCUT2D eigenvalue weighted by Gasteiger charge is -2.06. The fraction of sp³-hybridized carbons (Fsp3) is 0.182. The number of thiophene rings is 1. The van der Waals surface area contributed by atoms with E-state index >= 15 is 0 Å². The van der Waals surface area contributed by atoms with Gasteiger partial charge in [0.1, 0.15) is 0 Å². The molecule has 0 spiro atoms. The third-order valence-electron chi connectivity index (χ3n) is 5.12. The Morgan fingerprint density at radius 3 is 2.50 bits per heavy atom. The predicted octanol–water partition coefficient (Wildman–Crippen LogP) is 6.65. The number of fused-ring (bicyclic) bond motifs is 7. The lowest BCUT2D eigenvalue weighted by Crippen LogP contribution is -1.89. The molecule has 0 N–H and O–H groups in total. The summed E-state index contributed by atoms with van der Waals surface area (Å²) in [5, 5.41) is 5.64. The molecule has 2 heteroatoms. The summed E-state index contributed by atoms with van der Waals surface area (Å²) in [5.41, 5.74) is 4.20. The highest BCUT2D eigenvalue weighted by molar-refractivity contribution is 7.26. The predicted molar refractivity (Wildman–Crippen MR) is 107 cm³/mol. The second-order valence-electron chi connectivity index (χ2n) is 6.56. The quantitative estimate of drug-likeness (QED) is 0.341. The van der Waals surface area contributed by atoms with E-state index in [1.54, 1.807) is 0 Å². The molecule has 0 radical (unpaired) electrons. The van der Waals surface area contributed by atoms with Gasteiger partial charge in [-0.05, 0) is 30.2 Å². The minimum atomic E-state index is 1.14. The standard InChI is InChI=1S/C22H19NS/c1-3-8-14-13-17-15-9-4-6-11-18(15)23(2)21(17)22-20(14)16-10-5-7-12-19(16)24-22/h4-7,9-13H,3,8H2,1-2H3. The Morgan fingerprint density at radius 1 is 0.917 bits per heavy atom. The summed E-state index contributed by atoms with van der Waals surface area (Å²) >= 11 is 1.94. The summed E-state index contributed by atoms with van der Waals surface area (Å²) in [6.07, 6.45) is 2.31. The fourth-order valence-electron chi connectivity index (χ4n) is 4.09. The second-order valence-corrected chi connectivity index (χ2v) is 7.61. The molecule has 0 aliphatic rings. The molecule has 3 aromatic carbocycles. The molecular formula is C22H19NS. The number of nitrogens with zero attached hydrogens (tertiary/aromatic N) is 1. The Hall–Kier alpha value is -2.32. The fourth-order valence-corrected chi connectivity index (χ4v) is 5.42. The first-order chi connectivity index (χ1) is 11.8. The molecule has 0 atom stereocenters. The highest BCUT2D eigenvalue weighted by atomic mass is 32.1. The van der Waals surface area contributed by atoms with Crippen LogP contribution in [0.4, 0.5) is 0 Å². The molecule has 5 aromatic rings. The Labute approximate surface area is 145 Å². The average molecular weight is 329 g/mol. The Balaban J connectivity index is 2.10. The van der Waals surface area contributed by atoms with Crippen LogP contribution < -0.4 is 0 Å². The molecule has 0 saturated carbocycles. The van der Waals surface area contributed by atoms with Crippen molar-refractivity contribution in [3.05, 3.63) is 60.2 Å². The number of aromatic nitrogens is 1. The van der Waals surface area contributed by atoms with Gasteiger partial charge in [-0.3, -0.25) is 0 Å². The monoisotopic (exact) mass is 329 g/mol. The lowest BCUT2D eigenvalue weighted by atomic mass is 9.99. The molecule has 0 aliphatic heterocycles. The average Bonchev–Trinajstić information content (AvgIpc) is 3.12. The molecule has 0 aliphatic carbocycles. The number of hydrogen-bond acceptors (Lipinski definition) is 1. The topological polar surface area (TPSA) is 4.93 Å². The minimum absolute atomic E-state index is 1.14. The molecule has 24 heavy (non-hydrogen) atoms. The van der Waals surface area contributed by atoms with E-state index in [1.807, 2.05) is 11.3 Å². The number of para-hydroxylation sites is 1. The van der Waals surface area contributed by atoms with Gasteiger partial charge < -0.3 is 4.57 Å². The van der Waals surface area contributed by atoms with Gasteiger partial charge in [0.25, 0.3) is 0 Å². The van der Waals surface area contributed by atoms with Gasteiger partial charge in [-0.2, -0.15) is 0 Å². The molecule has 2 aromatic heterocycles. The Kier molecular flexibility index (Phi) is 2.98. The first kappa shape index (κ1) is 14.1. The van der Waals surface area contributed by atoms with E-state index in [4.69, 9.17) is 0 Å². The zero-order chi connectivity index (χ0) is 16.3. The van der Waals surface area contributed by atoms with E-state index in [1.165, 1.54) is 54.0 Å². The molecule has 0 bridgehead atoms. The zero-order valence-corrected chi connectivity index (χ0v) is 14.8. The second kappa shape index (κ2) is 5.09. The smallest absolute Gasteiger partial charge is 0.0670 e. The van der Waals surface area contributed by atoms with Crippen LogP contribution >= 0.6 is 11.3 Å². The summed E-state index contributed by atoms with van der Waals surface area (Å²) in [6.45, 7) is 2.27. The molecule has 0 amide bonds. The van der Waals surface area contributed by atoms with Crippen LogP contribution in [-0.2, 0) is 13.5 Å². The normalized spacial score (nSPS) is 12.1. The van der Waals surface area contributed by atoms with E-state index in [0.717, 1.165) is 6.42 Å². The van der Waals surface area contributed by atoms with E-state index in [0.29, 0.717) is 0 Å². The molecule has 118 valence electrons. The van der Waals surface area contributed by atoms with Gasteiger partial charge in [0.05, 0.1) is 10.2 Å². The van der Waals surface area contributed by atoms with Crippen LogP contribution in [0.5, 0.6) is 0 Å². The summed E-state index contributed by atoms with van der Waals surface area (Å²) in [5.74, 6) is 0. The summed E-state index contributed by atoms with van der Waals surface area (Å²) in [4.78, 5) is 0. The Morgan fingerprint density at radius 2 is 1.67 bits per heavy atom. The van der Waals surface area contributed by atoms with Gasteiger partial charge in [0.2, 0.25) is 0 Å². The number of aryl methyl sites for hydroxylation is 2. The van der Waals surface area contributed by atoms with Crippen LogP contribution in [0.3, 0.4) is 0 Å². The maximum Gasteiger partial charge on any atom is 0.0670 e. The largest absolute Gasteiger partial charge is 0.342 e. The van der Waals surface area contributed by atoms with E-state index in [9.17, 15) is 0 Å². The van der Waals surface area contributed by atoms with Gasteiger partial charge in [0, 0.05) is 38.8 Å². The maximum atomic E-state index is 2.45. The van der Waals surface area contributed by atoms with Crippen molar-refractivity contribution < 1.29 is 0 Å². The van der Waals surface area contributed by atoms with Crippen molar-refractivity contribution in [2.45, 2.75) is 19.8 Å². The van der Waals surface area contributed by atoms with Crippen molar-refractivity contribution >= 4 is 53.3 Å². The van der Waals surface area contributed by atoms with E-state index < -0.39 is 0 Å². The van der Waals surface area contributed by atoms with Crippen molar-refractivity contribution in [2.75, 3.05) is 0 Å². The van der Waals surface area contributed by atoms with Crippen LogP contribution in [0.1, 0.15) is 18.9 Å². The molecule has 1 nitrogen and oxygen atoms in total. The van der Waals surface area contributed by atoms with Crippen molar-refractivity contribution in [1.29, 1.82) is 0 Å². The molecule has 0 unspecified atom stereocenters. The van der Waals surface area contributed by atoms with Crippen molar-refractivity contribution in [3.8, 4) is 0 Å². The number of hydrogen-bond donors (Lipinski definition) is 0. The first-order valence-electron chi connectivity index (χ1n) is 8.60. The number of benzene rings is 3. The first-order valence-corrected chi connectivity index (χ1v) is 9.41. The molecule has 0 saturated heterocycles. The molecular weight excluding hydrogens is 310 g/mol. The van der Waals surface area contributed by atoms with Crippen molar-refractivity contribution in [3.63, 3.8) is 0 Å². The third kappa shape index (κ3) is 1.75. The Bertz CT molecular complexity index is 1220. The maximum absolute atomic E-state index is 2.45. The van der Waals surface area contributed by atoms with Crippen LogP contribution in [0.25, 0.3) is 42.0 Å². The molecule has 2 heterocycles. The molecule has 5 rings (SSSR count). The highest BCUT2D eigenvalue weighted by Crippen LogP contribution is 2.43. The summed E-state index contributed by atoms with van der Waals surface area (Å²) in [6, 6.07) is 20.1. The van der Waals surface area contributed by atoms with Gasteiger partial charge in [0.15, 0.2) is 0 Å². The zero-order valence-electron chi connectivity index (χ0n) is 14.0. The lowest BCUT2D eigenvalue weighted by molar-refractivity contribution is 0.931. The van der Waals surface area contributed by atoms with E-state index in [2.05, 4.69) is 73.1 Å². The highest BCUT2D eigenvalue weighted by Gasteiger charge is 2.17. The van der Waals surface area contributed by atoms with E-state index in [-0.39, 0.29) is 0 Å². The summed E-state index contributed by atoms with van der Waals surface area (Å²) in [7, 11) is 2.20. The van der Waals surface area contributed by atoms with Crippen LogP contribution in [0.15, 0.2) is 54.6 Å². The summed E-state index contributed by atoms with van der Waals surface area (Å²) < 4.78 is 5.21. The van der Waals surface area contributed by atoms with Crippen LogP contribution in [0.2, 0.25) is 0 Å². The van der Waals surface area contributed by atoms with Gasteiger partial charge in [-0.15, -0.1) is 11.3 Å². The van der Waals surface area contributed by atoms with Gasteiger partial charge in [-0.1, -0.05) is 49.7 Å². The minimum Gasteiger partial charge on any atom is -0.342 e. The SMILES string of the molecule is CCCc1cc2c3ccccc3n(C)c2c2sc3ccccc3c12. The van der Waals surface area contributed by atoms with Crippen LogP contribution in [-0.4, -0.2) is 4.57 Å². The molecule has 0 fully saturated rings. The van der Waals surface area contributed by atoms with Gasteiger partial charge in [-0.25, -0.2) is 0 Å². The van der Waals surface area contributed by atoms with Crippen LogP contribution in [0, 0.1) is 0 Å².